The van der Waals surface area contributed by atoms with Crippen LogP contribution in [-0.4, -0.2) is 41.6 Å². The number of benzene rings is 1. The molecule has 0 fully saturated rings. The van der Waals surface area contributed by atoms with E-state index in [0.29, 0.717) is 18.6 Å². The van der Waals surface area contributed by atoms with Gasteiger partial charge in [-0.3, -0.25) is 9.69 Å². The van der Waals surface area contributed by atoms with Crippen molar-refractivity contribution in [2.24, 2.45) is 5.92 Å². The molecular weight excluding hydrogens is 312 g/mol. The molecule has 0 aliphatic heterocycles. The molecule has 4 heteroatoms. The number of esters is 1. The number of carbonyl (C=O) groups excluding carboxylic acids is 1. The van der Waals surface area contributed by atoms with E-state index in [1.807, 2.05) is 0 Å². The highest BCUT2D eigenvalue weighted by molar-refractivity contribution is 5.87. The number of carbonyl (C=O) groups is 1. The summed E-state index contributed by atoms with van der Waals surface area (Å²) in [6, 6.07) is 7.12. The van der Waals surface area contributed by atoms with Gasteiger partial charge in [0.2, 0.25) is 0 Å². The molecule has 4 nitrogen and oxygen atoms in total. The topological polar surface area (TPSA) is 45.3 Å². The van der Waals surface area contributed by atoms with Gasteiger partial charge in [0.25, 0.3) is 0 Å². The second-order valence-electron chi connectivity index (χ2n) is 7.29. The Labute approximate surface area is 150 Å². The van der Waals surface area contributed by atoms with E-state index in [1.54, 1.807) is 0 Å². The fourth-order valence-corrected chi connectivity index (χ4v) is 4.08. The summed E-state index contributed by atoms with van der Waals surface area (Å²) in [5, 5.41) is 1.43. The van der Waals surface area contributed by atoms with Crippen LogP contribution in [0.2, 0.25) is 0 Å². The average Bonchev–Trinajstić information content (AvgIpc) is 3.02. The fourth-order valence-electron chi connectivity index (χ4n) is 4.08. The lowest BCUT2D eigenvalue weighted by Crippen LogP contribution is -2.43. The highest BCUT2D eigenvalue weighted by atomic mass is 16.5. The molecule has 0 amide bonds. The van der Waals surface area contributed by atoms with Crippen molar-refractivity contribution in [1.82, 2.24) is 9.88 Å². The van der Waals surface area contributed by atoms with E-state index in [4.69, 9.17) is 4.74 Å². The lowest BCUT2D eigenvalue weighted by Gasteiger charge is -2.36. The first-order valence-electron chi connectivity index (χ1n) is 9.57. The smallest absolute Gasteiger partial charge is 0.302 e. The Morgan fingerprint density at radius 1 is 1.32 bits per heavy atom. The van der Waals surface area contributed by atoms with Gasteiger partial charge in [-0.25, -0.2) is 0 Å². The van der Waals surface area contributed by atoms with E-state index in [-0.39, 0.29) is 5.97 Å². The number of hydrogen-bond donors (Lipinski definition) is 1. The van der Waals surface area contributed by atoms with E-state index >= 15 is 0 Å². The van der Waals surface area contributed by atoms with Crippen molar-refractivity contribution in [3.05, 3.63) is 35.5 Å². The molecule has 0 radical (unpaired) electrons. The standard InChI is InChI=1S/C21H30N2O2/c1-4-9-23(13-16(5-2)14-25-15(3)24)19-10-17-7-6-8-20-21(17)18(11-19)12-22-20/h6-8,12,16,19,22H,4-5,9-11,13-14H2,1-3H3/t16-,19+/m1/s1. The number of ether oxygens (including phenoxy) is 1. The number of rotatable bonds is 8. The van der Waals surface area contributed by atoms with Crippen molar-refractivity contribution >= 4 is 16.9 Å². The van der Waals surface area contributed by atoms with Gasteiger partial charge in [0, 0.05) is 42.5 Å². The predicted octanol–water partition coefficient (Wildman–Crippen LogP) is 3.94. The van der Waals surface area contributed by atoms with Crippen LogP contribution in [0, 0.1) is 5.92 Å². The third kappa shape index (κ3) is 4.06. The zero-order valence-electron chi connectivity index (χ0n) is 15.7. The molecule has 2 atom stereocenters. The molecule has 1 aliphatic rings. The molecule has 0 bridgehead atoms. The molecule has 2 aromatic rings. The minimum Gasteiger partial charge on any atom is -0.466 e. The SMILES string of the molecule is CCCN(C[C@@H](CC)COC(C)=O)[C@H]1Cc2cccc3[nH]cc(c23)C1. The zero-order chi connectivity index (χ0) is 17.8. The zero-order valence-corrected chi connectivity index (χ0v) is 15.7. The van der Waals surface area contributed by atoms with Gasteiger partial charge in [-0.05, 0) is 49.4 Å². The average molecular weight is 342 g/mol. The molecule has 1 N–H and O–H groups in total. The molecular formula is C21H30N2O2. The molecule has 1 aliphatic carbocycles. The third-order valence-corrected chi connectivity index (χ3v) is 5.40. The second kappa shape index (κ2) is 8.05. The van der Waals surface area contributed by atoms with Crippen molar-refractivity contribution in [2.45, 2.75) is 52.5 Å². The monoisotopic (exact) mass is 342 g/mol. The largest absolute Gasteiger partial charge is 0.466 e. The maximum atomic E-state index is 11.2. The van der Waals surface area contributed by atoms with Gasteiger partial charge in [-0.15, -0.1) is 0 Å². The molecule has 1 aromatic heterocycles. The minimum atomic E-state index is -0.179. The van der Waals surface area contributed by atoms with Crippen LogP contribution < -0.4 is 0 Å². The number of H-pyrrole nitrogens is 1. The Morgan fingerprint density at radius 3 is 2.84 bits per heavy atom. The Balaban J connectivity index is 1.73. The van der Waals surface area contributed by atoms with E-state index in [2.05, 4.69) is 48.1 Å². The summed E-state index contributed by atoms with van der Waals surface area (Å²) in [7, 11) is 0. The molecule has 1 aromatic carbocycles. The van der Waals surface area contributed by atoms with Crippen LogP contribution in [0.15, 0.2) is 24.4 Å². The maximum absolute atomic E-state index is 11.2. The summed E-state index contributed by atoms with van der Waals surface area (Å²) in [6.07, 6.45) is 6.56. The summed E-state index contributed by atoms with van der Waals surface area (Å²) in [5.74, 6) is 0.223. The molecule has 25 heavy (non-hydrogen) atoms. The van der Waals surface area contributed by atoms with E-state index in [0.717, 1.165) is 38.8 Å². The van der Waals surface area contributed by atoms with Gasteiger partial charge < -0.3 is 9.72 Å². The molecule has 0 saturated carbocycles. The number of aromatic nitrogens is 1. The van der Waals surface area contributed by atoms with Crippen molar-refractivity contribution in [2.75, 3.05) is 19.7 Å². The summed E-state index contributed by atoms with van der Waals surface area (Å²) in [4.78, 5) is 17.2. The van der Waals surface area contributed by atoms with Crippen LogP contribution in [0.25, 0.3) is 10.9 Å². The quantitative estimate of drug-likeness (QED) is 0.739. The Morgan fingerprint density at radius 2 is 2.12 bits per heavy atom. The first kappa shape index (κ1) is 18.0. The number of nitrogens with zero attached hydrogens (tertiary/aromatic N) is 1. The number of aromatic amines is 1. The maximum Gasteiger partial charge on any atom is 0.302 e. The molecule has 0 unspecified atom stereocenters. The molecule has 1 heterocycles. The lowest BCUT2D eigenvalue weighted by molar-refractivity contribution is -0.142. The minimum absolute atomic E-state index is 0.179. The second-order valence-corrected chi connectivity index (χ2v) is 7.29. The van der Waals surface area contributed by atoms with Gasteiger partial charge in [-0.2, -0.15) is 0 Å². The Kier molecular flexibility index (Phi) is 5.79. The van der Waals surface area contributed by atoms with Crippen LogP contribution >= 0.6 is 0 Å². The van der Waals surface area contributed by atoms with Gasteiger partial charge in [0.1, 0.15) is 0 Å². The first-order valence-corrected chi connectivity index (χ1v) is 9.57. The summed E-state index contributed by atoms with van der Waals surface area (Å²) in [6.45, 7) is 8.54. The number of hydrogen-bond acceptors (Lipinski definition) is 3. The Bertz CT molecular complexity index is 722. The number of nitrogens with one attached hydrogen (secondary N) is 1. The van der Waals surface area contributed by atoms with Gasteiger partial charge >= 0.3 is 5.97 Å². The van der Waals surface area contributed by atoms with Crippen LogP contribution in [0.1, 0.15) is 44.7 Å². The molecule has 0 saturated heterocycles. The van der Waals surface area contributed by atoms with Gasteiger partial charge in [-0.1, -0.05) is 26.0 Å². The van der Waals surface area contributed by atoms with E-state index < -0.39 is 0 Å². The summed E-state index contributed by atoms with van der Waals surface area (Å²) >= 11 is 0. The Hall–Kier alpha value is -1.81. The molecule has 3 rings (SSSR count). The first-order chi connectivity index (χ1) is 12.1. The molecule has 136 valence electrons. The molecule has 0 spiro atoms. The van der Waals surface area contributed by atoms with Gasteiger partial charge in [0.15, 0.2) is 0 Å². The summed E-state index contributed by atoms with van der Waals surface area (Å²) in [5.41, 5.74) is 4.16. The van der Waals surface area contributed by atoms with Crippen molar-refractivity contribution in [3.8, 4) is 0 Å². The van der Waals surface area contributed by atoms with Crippen molar-refractivity contribution < 1.29 is 9.53 Å². The normalized spacial score (nSPS) is 17.8. The fraction of sp³-hybridized carbons (Fsp3) is 0.571. The third-order valence-electron chi connectivity index (χ3n) is 5.40. The van der Waals surface area contributed by atoms with Crippen LogP contribution in [0.3, 0.4) is 0 Å². The van der Waals surface area contributed by atoms with Crippen molar-refractivity contribution in [3.63, 3.8) is 0 Å². The lowest BCUT2D eigenvalue weighted by atomic mass is 9.88. The van der Waals surface area contributed by atoms with Crippen LogP contribution in [-0.2, 0) is 22.4 Å². The van der Waals surface area contributed by atoms with Gasteiger partial charge in [0.05, 0.1) is 6.61 Å². The van der Waals surface area contributed by atoms with E-state index in [1.165, 1.54) is 29.0 Å². The van der Waals surface area contributed by atoms with Crippen molar-refractivity contribution in [1.29, 1.82) is 0 Å². The van der Waals surface area contributed by atoms with Crippen LogP contribution in [0.4, 0.5) is 0 Å². The van der Waals surface area contributed by atoms with Crippen LogP contribution in [0.5, 0.6) is 0 Å². The highest BCUT2D eigenvalue weighted by Crippen LogP contribution is 2.31. The predicted molar refractivity (Wildman–Crippen MR) is 102 cm³/mol. The summed E-state index contributed by atoms with van der Waals surface area (Å²) < 4.78 is 5.28. The highest BCUT2D eigenvalue weighted by Gasteiger charge is 2.27. The van der Waals surface area contributed by atoms with E-state index in [9.17, 15) is 4.79 Å².